The number of carbonyl (C=O) groups excluding carboxylic acids is 1. The first kappa shape index (κ1) is 51.2. The van der Waals surface area contributed by atoms with Gasteiger partial charge in [-0.25, -0.2) is 4.57 Å². The molecule has 0 bridgehead atoms. The van der Waals surface area contributed by atoms with Crippen molar-refractivity contribution >= 4 is 13.8 Å². The standard InChI is InChI=1S/C44H80NO7P/c1-3-5-7-9-11-13-15-17-18-19-20-21-22-23-24-25-26-28-30-32-34-36-39-49-41-43(42-51-53(47,48)50-40-38-45)52-44(46)37-35-33-31-29-27-16-14-12-10-8-6-4-2/h5,7,11-14,17-18,20-21,43H,3-4,6,8-10,15-16,19,22-42,45H2,1-2H3,(H,47,48)/b7-5-,13-11-,14-12-,18-17-,21-20-. The number of allylic oxidation sites excluding steroid dienone is 10. The van der Waals surface area contributed by atoms with Crippen molar-refractivity contribution in [1.82, 2.24) is 0 Å². The van der Waals surface area contributed by atoms with Crippen molar-refractivity contribution in [2.75, 3.05) is 33.0 Å². The van der Waals surface area contributed by atoms with E-state index in [1.807, 2.05) is 0 Å². The Bertz CT molecular complexity index is 994. The molecule has 53 heavy (non-hydrogen) atoms. The summed E-state index contributed by atoms with van der Waals surface area (Å²) in [6, 6.07) is 0. The zero-order valence-corrected chi connectivity index (χ0v) is 34.9. The molecule has 0 spiro atoms. The van der Waals surface area contributed by atoms with Gasteiger partial charge in [0.05, 0.1) is 19.8 Å². The first-order valence-electron chi connectivity index (χ1n) is 21.3. The number of esters is 1. The monoisotopic (exact) mass is 766 g/mol. The van der Waals surface area contributed by atoms with Gasteiger partial charge >= 0.3 is 13.8 Å². The Balaban J connectivity index is 4.01. The first-order chi connectivity index (χ1) is 25.9. The molecule has 308 valence electrons. The summed E-state index contributed by atoms with van der Waals surface area (Å²) in [6.45, 7) is 4.75. The van der Waals surface area contributed by atoms with Gasteiger partial charge in [0, 0.05) is 19.6 Å². The van der Waals surface area contributed by atoms with E-state index in [0.717, 1.165) is 70.6 Å². The van der Waals surface area contributed by atoms with Crippen molar-refractivity contribution in [3.05, 3.63) is 60.8 Å². The summed E-state index contributed by atoms with van der Waals surface area (Å²) in [6.07, 6.45) is 49.5. The van der Waals surface area contributed by atoms with Crippen LogP contribution >= 0.6 is 7.82 Å². The molecule has 0 rings (SSSR count). The van der Waals surface area contributed by atoms with E-state index in [1.54, 1.807) is 0 Å². The van der Waals surface area contributed by atoms with Crippen molar-refractivity contribution in [1.29, 1.82) is 0 Å². The molecule has 0 fully saturated rings. The van der Waals surface area contributed by atoms with E-state index < -0.39 is 13.9 Å². The molecule has 0 aliphatic carbocycles. The molecule has 3 N–H and O–H groups in total. The molecular weight excluding hydrogens is 685 g/mol. The predicted octanol–water partition coefficient (Wildman–Crippen LogP) is 12.6. The molecule has 0 aliphatic heterocycles. The maximum absolute atomic E-state index is 12.5. The summed E-state index contributed by atoms with van der Waals surface area (Å²) in [5.41, 5.74) is 5.36. The molecule has 2 atom stereocenters. The summed E-state index contributed by atoms with van der Waals surface area (Å²) < 4.78 is 33.4. The summed E-state index contributed by atoms with van der Waals surface area (Å²) in [5, 5.41) is 0. The highest BCUT2D eigenvalue weighted by molar-refractivity contribution is 7.47. The second kappa shape index (κ2) is 41.4. The Morgan fingerprint density at radius 3 is 1.60 bits per heavy atom. The number of unbranched alkanes of at least 4 members (excludes halogenated alkanes) is 17. The topological polar surface area (TPSA) is 117 Å². The fourth-order valence-corrected chi connectivity index (χ4v) is 6.33. The van der Waals surface area contributed by atoms with Crippen molar-refractivity contribution in [2.24, 2.45) is 5.73 Å². The van der Waals surface area contributed by atoms with E-state index in [4.69, 9.17) is 24.3 Å². The van der Waals surface area contributed by atoms with Crippen LogP contribution in [0.4, 0.5) is 0 Å². The van der Waals surface area contributed by atoms with Crippen LogP contribution in [0.3, 0.4) is 0 Å². The highest BCUT2D eigenvalue weighted by Gasteiger charge is 2.25. The highest BCUT2D eigenvalue weighted by atomic mass is 31.2. The van der Waals surface area contributed by atoms with Crippen LogP contribution in [0, 0.1) is 0 Å². The molecule has 0 saturated heterocycles. The van der Waals surface area contributed by atoms with Crippen LogP contribution in [-0.4, -0.2) is 49.9 Å². The predicted molar refractivity (Wildman–Crippen MR) is 224 cm³/mol. The Morgan fingerprint density at radius 2 is 1.06 bits per heavy atom. The second-order valence-corrected chi connectivity index (χ2v) is 15.3. The number of phosphoric ester groups is 1. The second-order valence-electron chi connectivity index (χ2n) is 13.8. The van der Waals surface area contributed by atoms with Gasteiger partial charge in [-0.05, 0) is 77.0 Å². The third-order valence-electron chi connectivity index (χ3n) is 8.67. The minimum absolute atomic E-state index is 0.0957. The van der Waals surface area contributed by atoms with E-state index >= 15 is 0 Å². The van der Waals surface area contributed by atoms with Gasteiger partial charge in [0.15, 0.2) is 0 Å². The Kier molecular flexibility index (Phi) is 40.0. The Hall–Kier alpha value is -1.80. The van der Waals surface area contributed by atoms with Crippen molar-refractivity contribution in [2.45, 2.75) is 180 Å². The largest absolute Gasteiger partial charge is 0.472 e. The number of nitrogens with two attached hydrogens (primary N) is 1. The zero-order chi connectivity index (χ0) is 38.8. The Morgan fingerprint density at radius 1 is 0.585 bits per heavy atom. The molecule has 2 unspecified atom stereocenters. The number of rotatable bonds is 40. The molecule has 9 heteroatoms. The van der Waals surface area contributed by atoms with Crippen LogP contribution in [0.2, 0.25) is 0 Å². The van der Waals surface area contributed by atoms with Gasteiger partial charge in [-0.1, -0.05) is 152 Å². The normalized spacial score (nSPS) is 14.1. The summed E-state index contributed by atoms with van der Waals surface area (Å²) in [7, 11) is -4.28. The van der Waals surface area contributed by atoms with Gasteiger partial charge in [-0.2, -0.15) is 0 Å². The average molecular weight is 766 g/mol. The number of carbonyl (C=O) groups is 1. The summed E-state index contributed by atoms with van der Waals surface area (Å²) in [4.78, 5) is 22.4. The van der Waals surface area contributed by atoms with Crippen molar-refractivity contribution in [3.8, 4) is 0 Å². The molecule has 8 nitrogen and oxygen atoms in total. The quantitative estimate of drug-likeness (QED) is 0.0274. The third-order valence-corrected chi connectivity index (χ3v) is 9.65. The van der Waals surface area contributed by atoms with Gasteiger partial charge in [0.25, 0.3) is 0 Å². The van der Waals surface area contributed by atoms with Gasteiger partial charge in [-0.3, -0.25) is 13.8 Å². The molecule has 0 radical (unpaired) electrons. The molecule has 0 aromatic heterocycles. The molecule has 0 aromatic carbocycles. The lowest BCUT2D eigenvalue weighted by atomic mass is 10.1. The van der Waals surface area contributed by atoms with Gasteiger partial charge in [-0.15, -0.1) is 0 Å². The maximum Gasteiger partial charge on any atom is 0.472 e. The van der Waals surface area contributed by atoms with Crippen LogP contribution in [-0.2, 0) is 27.9 Å². The molecule has 0 aromatic rings. The number of ether oxygens (including phenoxy) is 2. The van der Waals surface area contributed by atoms with E-state index in [-0.39, 0.29) is 32.3 Å². The molecule has 0 saturated carbocycles. The summed E-state index contributed by atoms with van der Waals surface area (Å²) >= 11 is 0. The first-order valence-corrected chi connectivity index (χ1v) is 22.8. The smallest absolute Gasteiger partial charge is 0.457 e. The van der Waals surface area contributed by atoms with Gasteiger partial charge in [0.1, 0.15) is 6.10 Å². The SMILES string of the molecule is CC/C=C\C/C=C\C/C=C\C/C=C\CCCCCCCCCCCOCC(COP(=O)(O)OCCN)OC(=O)CCCCCCC/C=C\CCCCC. The van der Waals surface area contributed by atoms with Crippen molar-refractivity contribution < 1.29 is 32.8 Å². The van der Waals surface area contributed by atoms with E-state index in [9.17, 15) is 14.3 Å². The molecule has 0 amide bonds. The minimum atomic E-state index is -4.28. The fraction of sp³-hybridized carbons (Fsp3) is 0.750. The number of phosphoric acid groups is 1. The summed E-state index contributed by atoms with van der Waals surface area (Å²) in [5.74, 6) is -0.345. The van der Waals surface area contributed by atoms with Crippen LogP contribution < -0.4 is 5.73 Å². The molecule has 0 aliphatic rings. The Labute approximate surface area is 325 Å². The number of hydrogen-bond acceptors (Lipinski definition) is 7. The minimum Gasteiger partial charge on any atom is -0.457 e. The fourth-order valence-electron chi connectivity index (χ4n) is 5.57. The lowest BCUT2D eigenvalue weighted by Gasteiger charge is -2.20. The zero-order valence-electron chi connectivity index (χ0n) is 34.0. The number of hydrogen-bond donors (Lipinski definition) is 2. The molecule has 0 heterocycles. The molecular formula is C44H80NO7P. The van der Waals surface area contributed by atoms with E-state index in [0.29, 0.717) is 13.0 Å². The van der Waals surface area contributed by atoms with E-state index in [1.165, 1.54) is 83.5 Å². The maximum atomic E-state index is 12.5. The lowest BCUT2D eigenvalue weighted by molar-refractivity contribution is -0.154. The van der Waals surface area contributed by atoms with Gasteiger partial charge < -0.3 is 20.1 Å². The third kappa shape index (κ3) is 41.2. The van der Waals surface area contributed by atoms with Crippen LogP contribution in [0.5, 0.6) is 0 Å². The van der Waals surface area contributed by atoms with Gasteiger partial charge in [0.2, 0.25) is 0 Å². The van der Waals surface area contributed by atoms with Crippen LogP contribution in [0.1, 0.15) is 174 Å². The average Bonchev–Trinajstić information content (AvgIpc) is 3.15. The van der Waals surface area contributed by atoms with Crippen LogP contribution in [0.25, 0.3) is 0 Å². The van der Waals surface area contributed by atoms with Crippen molar-refractivity contribution in [3.63, 3.8) is 0 Å². The van der Waals surface area contributed by atoms with Crippen LogP contribution in [0.15, 0.2) is 60.8 Å². The highest BCUT2D eigenvalue weighted by Crippen LogP contribution is 2.43. The lowest BCUT2D eigenvalue weighted by Crippen LogP contribution is -2.28. The van der Waals surface area contributed by atoms with E-state index in [2.05, 4.69) is 74.6 Å².